The van der Waals surface area contributed by atoms with Gasteiger partial charge < -0.3 is 0 Å². The highest BCUT2D eigenvalue weighted by Crippen LogP contribution is 2.00. The molecular weight excluding hydrogens is 210 g/mol. The number of rotatable bonds is 2. The van der Waals surface area contributed by atoms with Crippen molar-refractivity contribution in [3.05, 3.63) is 35.0 Å². The van der Waals surface area contributed by atoms with Gasteiger partial charge in [-0.1, -0.05) is 0 Å². The normalized spacial score (nSPS) is 10.3. The number of nitrogens with two attached hydrogens (primary N) is 1. The minimum Gasteiger partial charge on any atom is -0.293 e. The molecule has 3 N–H and O–H groups in total. The van der Waals surface area contributed by atoms with E-state index in [0.717, 1.165) is 0 Å². The number of hydrogen-bond acceptors (Lipinski definition) is 5. The molecule has 7 nitrogen and oxygen atoms in total. The van der Waals surface area contributed by atoms with Crippen LogP contribution in [0.15, 0.2) is 29.5 Å². The van der Waals surface area contributed by atoms with Gasteiger partial charge in [0.05, 0.1) is 5.39 Å². The molecule has 2 aromatic heterocycles. The number of nitrogens with zero attached hydrogens (tertiary/aromatic N) is 3. The van der Waals surface area contributed by atoms with Gasteiger partial charge in [-0.2, -0.15) is 0 Å². The summed E-state index contributed by atoms with van der Waals surface area (Å²) >= 11 is 0. The van der Waals surface area contributed by atoms with Crippen molar-refractivity contribution in [1.29, 1.82) is 0 Å². The summed E-state index contributed by atoms with van der Waals surface area (Å²) in [7, 11) is 0. The molecule has 2 rings (SSSR count). The monoisotopic (exact) mass is 219 g/mol. The fraction of sp³-hybridized carbons (Fsp3) is 0.111. The molecule has 2 aromatic rings. The summed E-state index contributed by atoms with van der Waals surface area (Å²) in [5.41, 5.74) is 1.99. The number of nitrogens with one attached hydrogen (secondary N) is 1. The fourth-order valence-corrected chi connectivity index (χ4v) is 1.31. The Balaban J connectivity index is 2.53. The number of carbonyl (C=O) groups is 1. The summed E-state index contributed by atoms with van der Waals surface area (Å²) in [5.74, 6) is 4.47. The maximum atomic E-state index is 11.8. The number of amides is 1. The second-order valence-corrected chi connectivity index (χ2v) is 3.12. The molecule has 0 radical (unpaired) electrons. The first-order chi connectivity index (χ1) is 7.72. The minimum atomic E-state index is -0.466. The van der Waals surface area contributed by atoms with Gasteiger partial charge in [-0.15, -0.1) is 0 Å². The summed E-state index contributed by atoms with van der Waals surface area (Å²) in [5, 5.41) is 0.370. The number of aromatic nitrogens is 3. The Morgan fingerprint density at radius 2 is 2.31 bits per heavy atom. The van der Waals surface area contributed by atoms with Gasteiger partial charge in [0.2, 0.25) is 0 Å². The molecule has 0 saturated heterocycles. The maximum absolute atomic E-state index is 11.8. The Hall–Kier alpha value is -2.28. The Labute approximate surface area is 89.9 Å². The summed E-state index contributed by atoms with van der Waals surface area (Å²) in [6, 6.07) is 3.24. The van der Waals surface area contributed by atoms with Gasteiger partial charge in [0.25, 0.3) is 11.5 Å². The summed E-state index contributed by atoms with van der Waals surface area (Å²) in [6.45, 7) is -0.160. The smallest absolute Gasteiger partial charge is 0.263 e. The molecule has 0 fully saturated rings. The zero-order valence-corrected chi connectivity index (χ0v) is 8.25. The molecule has 7 heteroatoms. The molecule has 0 saturated carbocycles. The van der Waals surface area contributed by atoms with E-state index in [1.165, 1.54) is 10.9 Å². The molecule has 0 bridgehead atoms. The topological polar surface area (TPSA) is 103 Å². The van der Waals surface area contributed by atoms with E-state index in [0.29, 0.717) is 11.0 Å². The van der Waals surface area contributed by atoms with Crippen LogP contribution in [-0.2, 0) is 11.3 Å². The van der Waals surface area contributed by atoms with Crippen LogP contribution in [0.25, 0.3) is 11.0 Å². The molecule has 0 atom stereocenters. The Bertz CT molecular complexity index is 592. The highest BCUT2D eigenvalue weighted by Gasteiger charge is 2.06. The second kappa shape index (κ2) is 4.07. The third kappa shape index (κ3) is 1.75. The van der Waals surface area contributed by atoms with Gasteiger partial charge in [-0.3, -0.25) is 19.6 Å². The Morgan fingerprint density at radius 1 is 1.50 bits per heavy atom. The Morgan fingerprint density at radius 3 is 3.06 bits per heavy atom. The molecule has 0 aromatic carbocycles. The largest absolute Gasteiger partial charge is 0.293 e. The maximum Gasteiger partial charge on any atom is 0.263 e. The van der Waals surface area contributed by atoms with Crippen molar-refractivity contribution in [1.82, 2.24) is 20.0 Å². The minimum absolute atomic E-state index is 0.160. The van der Waals surface area contributed by atoms with E-state index in [-0.39, 0.29) is 12.1 Å². The zero-order valence-electron chi connectivity index (χ0n) is 8.25. The molecule has 0 unspecified atom stereocenters. The fourth-order valence-electron chi connectivity index (χ4n) is 1.31. The molecule has 0 aliphatic carbocycles. The number of hydrogen-bond donors (Lipinski definition) is 2. The first kappa shape index (κ1) is 10.2. The van der Waals surface area contributed by atoms with Crippen LogP contribution in [0.5, 0.6) is 0 Å². The van der Waals surface area contributed by atoms with Crippen LogP contribution < -0.4 is 16.8 Å². The molecule has 1 amide bonds. The molecule has 16 heavy (non-hydrogen) atoms. The molecular formula is C9H9N5O2. The highest BCUT2D eigenvalue weighted by molar-refractivity contribution is 5.76. The summed E-state index contributed by atoms with van der Waals surface area (Å²) in [4.78, 5) is 30.8. The van der Waals surface area contributed by atoms with Crippen LogP contribution >= 0.6 is 0 Å². The van der Waals surface area contributed by atoms with Gasteiger partial charge in [0.15, 0.2) is 5.65 Å². The van der Waals surface area contributed by atoms with Gasteiger partial charge in [0, 0.05) is 6.20 Å². The first-order valence-electron chi connectivity index (χ1n) is 4.52. The van der Waals surface area contributed by atoms with Crippen molar-refractivity contribution < 1.29 is 4.79 Å². The highest BCUT2D eigenvalue weighted by atomic mass is 16.2. The predicted octanol–water partition coefficient (Wildman–Crippen LogP) is -1.22. The molecule has 0 spiro atoms. The van der Waals surface area contributed by atoms with Crippen LogP contribution in [-0.4, -0.2) is 20.4 Å². The summed E-state index contributed by atoms with van der Waals surface area (Å²) in [6.07, 6.45) is 2.82. The van der Waals surface area contributed by atoms with Gasteiger partial charge in [-0.25, -0.2) is 15.8 Å². The van der Waals surface area contributed by atoms with Gasteiger partial charge >= 0.3 is 0 Å². The quantitative estimate of drug-likeness (QED) is 0.374. The van der Waals surface area contributed by atoms with Crippen LogP contribution in [0, 0.1) is 0 Å². The van der Waals surface area contributed by atoms with Crippen molar-refractivity contribution in [3.63, 3.8) is 0 Å². The van der Waals surface area contributed by atoms with Crippen LogP contribution in [0.4, 0.5) is 0 Å². The van der Waals surface area contributed by atoms with E-state index >= 15 is 0 Å². The number of carbonyl (C=O) groups excluding carboxylic acids is 1. The standard InChI is InChI=1S/C9H9N5O2/c10-13-7(15)4-14-5-12-8-6(9(14)16)2-1-3-11-8/h1-3,5H,4,10H2,(H,13,15). The molecule has 0 aliphatic rings. The first-order valence-corrected chi connectivity index (χ1v) is 4.52. The van der Waals surface area contributed by atoms with E-state index in [9.17, 15) is 9.59 Å². The van der Waals surface area contributed by atoms with Crippen molar-refractivity contribution >= 4 is 16.9 Å². The predicted molar refractivity (Wildman–Crippen MR) is 56.1 cm³/mol. The van der Waals surface area contributed by atoms with Gasteiger partial charge in [0.1, 0.15) is 12.9 Å². The van der Waals surface area contributed by atoms with E-state index in [1.807, 2.05) is 5.43 Å². The average Bonchev–Trinajstić information content (AvgIpc) is 2.33. The molecule has 2 heterocycles. The van der Waals surface area contributed by atoms with Crippen LogP contribution in [0.3, 0.4) is 0 Å². The lowest BCUT2D eigenvalue weighted by Crippen LogP contribution is -2.36. The van der Waals surface area contributed by atoms with E-state index < -0.39 is 5.91 Å². The van der Waals surface area contributed by atoms with E-state index in [1.54, 1.807) is 18.3 Å². The Kier molecular flexibility index (Phi) is 2.61. The second-order valence-electron chi connectivity index (χ2n) is 3.12. The lowest BCUT2D eigenvalue weighted by Gasteiger charge is -2.04. The van der Waals surface area contributed by atoms with E-state index in [4.69, 9.17) is 5.84 Å². The van der Waals surface area contributed by atoms with Crippen LogP contribution in [0.2, 0.25) is 0 Å². The third-order valence-electron chi connectivity index (χ3n) is 2.07. The van der Waals surface area contributed by atoms with E-state index in [2.05, 4.69) is 9.97 Å². The number of fused-ring (bicyclic) bond motifs is 1. The van der Waals surface area contributed by atoms with Crippen molar-refractivity contribution in [2.75, 3.05) is 0 Å². The number of hydrazine groups is 1. The van der Waals surface area contributed by atoms with Crippen molar-refractivity contribution in [3.8, 4) is 0 Å². The van der Waals surface area contributed by atoms with Crippen molar-refractivity contribution in [2.24, 2.45) is 5.84 Å². The van der Waals surface area contributed by atoms with Crippen LogP contribution in [0.1, 0.15) is 0 Å². The number of pyridine rings is 1. The average molecular weight is 219 g/mol. The van der Waals surface area contributed by atoms with Gasteiger partial charge in [-0.05, 0) is 12.1 Å². The lowest BCUT2D eigenvalue weighted by atomic mass is 10.3. The van der Waals surface area contributed by atoms with Crippen molar-refractivity contribution in [2.45, 2.75) is 6.54 Å². The SMILES string of the molecule is NNC(=O)Cn1cnc2ncccc2c1=O. The zero-order chi connectivity index (χ0) is 11.5. The lowest BCUT2D eigenvalue weighted by molar-refractivity contribution is -0.121. The summed E-state index contributed by atoms with van der Waals surface area (Å²) < 4.78 is 1.17. The molecule has 82 valence electrons. The third-order valence-corrected chi connectivity index (χ3v) is 2.07. The molecule has 0 aliphatic heterocycles.